The van der Waals surface area contributed by atoms with Crippen LogP contribution in [0.2, 0.25) is 0 Å². The number of hydrogen-bond donors (Lipinski definition) is 0. The second-order valence-electron chi connectivity index (χ2n) is 7.21. The van der Waals surface area contributed by atoms with Gasteiger partial charge >= 0.3 is 0 Å². The minimum absolute atomic E-state index is 0.0259. The molecule has 8 nitrogen and oxygen atoms in total. The highest BCUT2D eigenvalue weighted by molar-refractivity contribution is 5.92. The van der Waals surface area contributed by atoms with E-state index in [2.05, 4.69) is 30.2 Å². The number of hydrogen-bond acceptors (Lipinski definition) is 7. The summed E-state index contributed by atoms with van der Waals surface area (Å²) in [4.78, 5) is 27.8. The van der Waals surface area contributed by atoms with E-state index >= 15 is 0 Å². The molecule has 5 rings (SSSR count). The van der Waals surface area contributed by atoms with Crippen molar-refractivity contribution in [1.82, 2.24) is 29.7 Å². The monoisotopic (exact) mass is 443 g/mol. The highest BCUT2D eigenvalue weighted by Gasteiger charge is 2.15. The normalized spacial score (nSPS) is 11.1. The first kappa shape index (κ1) is 20.4. The summed E-state index contributed by atoms with van der Waals surface area (Å²) in [6.45, 7) is 0.504. The number of rotatable bonds is 6. The molecule has 0 aliphatic rings. The van der Waals surface area contributed by atoms with Gasteiger partial charge in [-0.05, 0) is 30.3 Å². The standard InChI is InChI=1S/C23H15F2N7O/c24-17-1-2-20(25)19(8-17)21-9-18(22-23(31-21)28-4-3-27-22)15-7-14(10-26-11-15)16-12-29-32(13-16)6-5-30-33/h1-4,7-13H,5-6H2. The van der Waals surface area contributed by atoms with Gasteiger partial charge in [0.25, 0.3) is 0 Å². The van der Waals surface area contributed by atoms with Crippen molar-refractivity contribution < 1.29 is 8.78 Å². The first-order valence-corrected chi connectivity index (χ1v) is 9.97. The van der Waals surface area contributed by atoms with E-state index in [9.17, 15) is 13.7 Å². The van der Waals surface area contributed by atoms with Gasteiger partial charge < -0.3 is 0 Å². The first-order valence-electron chi connectivity index (χ1n) is 9.97. The maximum absolute atomic E-state index is 14.5. The van der Waals surface area contributed by atoms with Gasteiger partial charge in [-0.25, -0.2) is 18.7 Å². The van der Waals surface area contributed by atoms with Gasteiger partial charge in [0.15, 0.2) is 5.65 Å². The van der Waals surface area contributed by atoms with Crippen LogP contribution in [0.4, 0.5) is 8.78 Å². The zero-order valence-electron chi connectivity index (χ0n) is 17.1. The van der Waals surface area contributed by atoms with Gasteiger partial charge in [0, 0.05) is 58.8 Å². The summed E-state index contributed by atoms with van der Waals surface area (Å²) in [7, 11) is 0. The van der Waals surface area contributed by atoms with Crippen molar-refractivity contribution in [2.45, 2.75) is 6.54 Å². The number of benzene rings is 1. The zero-order valence-corrected chi connectivity index (χ0v) is 17.1. The maximum atomic E-state index is 14.5. The van der Waals surface area contributed by atoms with Crippen molar-refractivity contribution in [2.75, 3.05) is 6.54 Å². The Balaban J connectivity index is 1.64. The van der Waals surface area contributed by atoms with Crippen LogP contribution < -0.4 is 0 Å². The predicted molar refractivity (Wildman–Crippen MR) is 118 cm³/mol. The molecule has 0 bridgehead atoms. The Hall–Kier alpha value is -4.47. The van der Waals surface area contributed by atoms with Crippen molar-refractivity contribution in [3.63, 3.8) is 0 Å². The van der Waals surface area contributed by atoms with Gasteiger partial charge in [0.05, 0.1) is 18.4 Å². The van der Waals surface area contributed by atoms with Crippen LogP contribution in [0.1, 0.15) is 0 Å². The molecule has 0 unspecified atom stereocenters. The van der Waals surface area contributed by atoms with Crippen LogP contribution in [0, 0.1) is 16.5 Å². The summed E-state index contributed by atoms with van der Waals surface area (Å²) < 4.78 is 29.9. The molecule has 0 N–H and O–H groups in total. The van der Waals surface area contributed by atoms with Crippen LogP contribution >= 0.6 is 0 Å². The van der Waals surface area contributed by atoms with E-state index in [0.29, 0.717) is 28.8 Å². The molecule has 0 radical (unpaired) electrons. The van der Waals surface area contributed by atoms with E-state index in [-0.39, 0.29) is 17.8 Å². The fourth-order valence-corrected chi connectivity index (χ4v) is 3.53. The quantitative estimate of drug-likeness (QED) is 0.354. The van der Waals surface area contributed by atoms with E-state index in [1.54, 1.807) is 41.7 Å². The molecule has 1 aromatic carbocycles. The van der Waals surface area contributed by atoms with Crippen LogP contribution in [0.25, 0.3) is 44.7 Å². The van der Waals surface area contributed by atoms with Crippen molar-refractivity contribution in [3.8, 4) is 33.5 Å². The second-order valence-corrected chi connectivity index (χ2v) is 7.21. The minimum atomic E-state index is -0.595. The van der Waals surface area contributed by atoms with E-state index in [4.69, 9.17) is 0 Å². The molecular weight excluding hydrogens is 428 g/mol. The van der Waals surface area contributed by atoms with Crippen molar-refractivity contribution in [3.05, 3.63) is 84.1 Å². The molecule has 0 amide bonds. The SMILES string of the molecule is O=NCCn1cc(-c2cncc(-c3cc(-c4cc(F)ccc4F)nc4nccnc34)c2)cn1. The van der Waals surface area contributed by atoms with Crippen LogP contribution in [0.15, 0.2) is 72.7 Å². The van der Waals surface area contributed by atoms with Gasteiger partial charge in [-0.1, -0.05) is 5.18 Å². The molecule has 0 saturated heterocycles. The number of halogens is 2. The summed E-state index contributed by atoms with van der Waals surface area (Å²) >= 11 is 0. The molecule has 162 valence electrons. The molecule has 33 heavy (non-hydrogen) atoms. The Kier molecular flexibility index (Phi) is 5.31. The molecular formula is C23H15F2N7O. The summed E-state index contributed by atoms with van der Waals surface area (Å²) in [6.07, 6.45) is 9.83. The van der Waals surface area contributed by atoms with Crippen molar-refractivity contribution in [1.29, 1.82) is 0 Å². The first-order chi connectivity index (χ1) is 16.1. The van der Waals surface area contributed by atoms with Gasteiger partial charge in [-0.15, -0.1) is 0 Å². The fourth-order valence-electron chi connectivity index (χ4n) is 3.53. The molecule has 0 saturated carbocycles. The lowest BCUT2D eigenvalue weighted by molar-refractivity contribution is 0.602. The van der Waals surface area contributed by atoms with Crippen LogP contribution in [0.3, 0.4) is 0 Å². The maximum Gasteiger partial charge on any atom is 0.179 e. The van der Waals surface area contributed by atoms with Gasteiger partial charge in [0.1, 0.15) is 23.7 Å². The third-order valence-electron chi connectivity index (χ3n) is 5.08. The summed E-state index contributed by atoms with van der Waals surface area (Å²) in [5, 5.41) is 7.08. The molecule has 0 atom stereocenters. The molecule has 0 spiro atoms. The third-order valence-corrected chi connectivity index (χ3v) is 5.08. The number of pyridine rings is 2. The number of aromatic nitrogens is 6. The fraction of sp³-hybridized carbons (Fsp3) is 0.0870. The Bertz CT molecular complexity index is 1490. The lowest BCUT2D eigenvalue weighted by Crippen LogP contribution is -2.00. The minimum Gasteiger partial charge on any atom is -0.270 e. The molecule has 0 aliphatic carbocycles. The van der Waals surface area contributed by atoms with Gasteiger partial charge in [-0.2, -0.15) is 10.0 Å². The Morgan fingerprint density at radius 2 is 1.76 bits per heavy atom. The summed E-state index contributed by atoms with van der Waals surface area (Å²) in [6, 6.07) is 6.75. The predicted octanol–water partition coefficient (Wildman–Crippen LogP) is 4.66. The molecule has 0 fully saturated rings. The largest absolute Gasteiger partial charge is 0.270 e. The van der Waals surface area contributed by atoms with Crippen LogP contribution in [-0.4, -0.2) is 36.3 Å². The molecule has 4 heterocycles. The molecule has 5 aromatic rings. The van der Waals surface area contributed by atoms with Gasteiger partial charge in [0.2, 0.25) is 0 Å². The lowest BCUT2D eigenvalue weighted by atomic mass is 10.0. The smallest absolute Gasteiger partial charge is 0.179 e. The molecule has 10 heteroatoms. The summed E-state index contributed by atoms with van der Waals surface area (Å²) in [5.74, 6) is -1.17. The van der Waals surface area contributed by atoms with Crippen LogP contribution in [0.5, 0.6) is 0 Å². The molecule has 0 aliphatic heterocycles. The topological polar surface area (TPSA) is 98.8 Å². The van der Waals surface area contributed by atoms with Gasteiger partial charge in [-0.3, -0.25) is 14.6 Å². The Morgan fingerprint density at radius 3 is 2.64 bits per heavy atom. The van der Waals surface area contributed by atoms with Crippen molar-refractivity contribution in [2.24, 2.45) is 5.18 Å². The highest BCUT2D eigenvalue weighted by atomic mass is 19.1. The van der Waals surface area contributed by atoms with E-state index in [1.807, 2.05) is 6.07 Å². The average molecular weight is 443 g/mol. The summed E-state index contributed by atoms with van der Waals surface area (Å²) in [5.41, 5.74) is 3.96. The Morgan fingerprint density at radius 1 is 0.909 bits per heavy atom. The van der Waals surface area contributed by atoms with E-state index in [1.165, 1.54) is 6.20 Å². The number of nitrogens with zero attached hydrogens (tertiary/aromatic N) is 7. The number of fused-ring (bicyclic) bond motifs is 1. The number of nitroso groups, excluding NO2 is 1. The van der Waals surface area contributed by atoms with E-state index in [0.717, 1.165) is 29.3 Å². The average Bonchev–Trinajstić information content (AvgIpc) is 3.33. The third kappa shape index (κ3) is 4.05. The van der Waals surface area contributed by atoms with E-state index < -0.39 is 11.6 Å². The van der Waals surface area contributed by atoms with Crippen molar-refractivity contribution >= 4 is 11.2 Å². The highest BCUT2D eigenvalue weighted by Crippen LogP contribution is 2.33. The second kappa shape index (κ2) is 8.58. The lowest BCUT2D eigenvalue weighted by Gasteiger charge is -2.10. The zero-order chi connectivity index (χ0) is 22.8. The van der Waals surface area contributed by atoms with Crippen LogP contribution in [-0.2, 0) is 6.54 Å². The molecule has 4 aromatic heterocycles. The Labute approximate surface area is 186 Å².